The summed E-state index contributed by atoms with van der Waals surface area (Å²) in [6.45, 7) is -0.345. The lowest BCUT2D eigenvalue weighted by atomic mass is 10.2. The number of nitrogens with one attached hydrogen (secondary N) is 2. The number of rotatable bonds is 4. The number of carbonyl (C=O) groups is 1. The molecule has 2 aromatic carbocycles. The van der Waals surface area contributed by atoms with E-state index in [9.17, 15) is 31.1 Å². The summed E-state index contributed by atoms with van der Waals surface area (Å²) in [4.78, 5) is 11.7. The first-order valence-electron chi connectivity index (χ1n) is 6.94. The normalized spacial score (nSPS) is 11.9. The highest BCUT2D eigenvalue weighted by Crippen LogP contribution is 2.31. The number of halogens is 6. The number of hydrogen-bond acceptors (Lipinski definition) is 2. The summed E-state index contributed by atoms with van der Waals surface area (Å²) in [5, 5.41) is 4.87. The lowest BCUT2D eigenvalue weighted by Gasteiger charge is -2.11. The second-order valence-corrected chi connectivity index (χ2v) is 5.06. The lowest BCUT2D eigenvalue weighted by Crippen LogP contribution is -2.22. The fourth-order valence-electron chi connectivity index (χ4n) is 1.94. The van der Waals surface area contributed by atoms with Gasteiger partial charge in [-0.25, -0.2) is 0 Å². The van der Waals surface area contributed by atoms with Crippen LogP contribution in [0.1, 0.15) is 11.1 Å². The minimum Gasteiger partial charge on any atom is -0.376 e. The van der Waals surface area contributed by atoms with Gasteiger partial charge in [0.15, 0.2) is 0 Å². The van der Waals surface area contributed by atoms with Crippen LogP contribution >= 0.6 is 0 Å². The average Bonchev–Trinajstić information content (AvgIpc) is 2.52. The molecule has 134 valence electrons. The maximum atomic E-state index is 12.6. The maximum Gasteiger partial charge on any atom is 0.416 e. The largest absolute Gasteiger partial charge is 0.416 e. The van der Waals surface area contributed by atoms with Gasteiger partial charge in [-0.2, -0.15) is 26.3 Å². The number of anilines is 2. The van der Waals surface area contributed by atoms with E-state index in [0.717, 1.165) is 36.4 Å². The first-order valence-corrected chi connectivity index (χ1v) is 6.94. The summed E-state index contributed by atoms with van der Waals surface area (Å²) in [5.74, 6) is -0.614. The van der Waals surface area contributed by atoms with Crippen LogP contribution in [0.25, 0.3) is 0 Å². The van der Waals surface area contributed by atoms with E-state index in [1.165, 1.54) is 12.1 Å². The first-order chi connectivity index (χ1) is 11.6. The second kappa shape index (κ2) is 7.04. The minimum atomic E-state index is -4.50. The van der Waals surface area contributed by atoms with Crippen molar-refractivity contribution in [2.24, 2.45) is 0 Å². The third-order valence-corrected chi connectivity index (χ3v) is 3.14. The Bertz CT molecular complexity index is 738. The maximum absolute atomic E-state index is 12.6. The molecule has 0 saturated heterocycles. The molecule has 0 saturated carbocycles. The zero-order chi connectivity index (χ0) is 18.7. The Labute approximate surface area is 138 Å². The molecule has 0 bridgehead atoms. The average molecular weight is 362 g/mol. The zero-order valence-electron chi connectivity index (χ0n) is 12.5. The molecular weight excluding hydrogens is 350 g/mol. The smallest absolute Gasteiger partial charge is 0.376 e. The van der Waals surface area contributed by atoms with Crippen molar-refractivity contribution in [2.75, 3.05) is 17.2 Å². The third kappa shape index (κ3) is 5.40. The van der Waals surface area contributed by atoms with Crippen molar-refractivity contribution < 1.29 is 31.1 Å². The van der Waals surface area contributed by atoms with Crippen molar-refractivity contribution in [3.63, 3.8) is 0 Å². The third-order valence-electron chi connectivity index (χ3n) is 3.14. The molecule has 0 unspecified atom stereocenters. The predicted octanol–water partition coefficient (Wildman–Crippen LogP) is 4.77. The van der Waals surface area contributed by atoms with Gasteiger partial charge in [0.25, 0.3) is 0 Å². The highest BCUT2D eigenvalue weighted by atomic mass is 19.4. The molecular formula is C16H12F6N2O. The van der Waals surface area contributed by atoms with Crippen molar-refractivity contribution in [1.29, 1.82) is 0 Å². The van der Waals surface area contributed by atoms with E-state index < -0.39 is 29.4 Å². The van der Waals surface area contributed by atoms with Gasteiger partial charge >= 0.3 is 12.4 Å². The molecule has 0 atom stereocenters. The Kier molecular flexibility index (Phi) is 5.24. The van der Waals surface area contributed by atoms with Crippen LogP contribution in [0.3, 0.4) is 0 Å². The van der Waals surface area contributed by atoms with Gasteiger partial charge in [-0.15, -0.1) is 0 Å². The van der Waals surface area contributed by atoms with E-state index >= 15 is 0 Å². The van der Waals surface area contributed by atoms with Crippen LogP contribution in [0.15, 0.2) is 48.5 Å². The molecule has 0 fully saturated rings. The molecule has 0 spiro atoms. The fourth-order valence-corrected chi connectivity index (χ4v) is 1.94. The molecule has 0 aromatic heterocycles. The summed E-state index contributed by atoms with van der Waals surface area (Å²) in [7, 11) is 0. The molecule has 3 nitrogen and oxygen atoms in total. The molecule has 9 heteroatoms. The van der Waals surface area contributed by atoms with E-state index in [0.29, 0.717) is 0 Å². The molecule has 1 amide bonds. The molecule has 25 heavy (non-hydrogen) atoms. The Morgan fingerprint density at radius 1 is 0.800 bits per heavy atom. The highest BCUT2D eigenvalue weighted by Gasteiger charge is 2.31. The van der Waals surface area contributed by atoms with Crippen molar-refractivity contribution >= 4 is 17.3 Å². The van der Waals surface area contributed by atoms with Crippen molar-refractivity contribution in [1.82, 2.24) is 0 Å². The van der Waals surface area contributed by atoms with E-state index in [2.05, 4.69) is 10.6 Å². The summed E-state index contributed by atoms with van der Waals surface area (Å²) >= 11 is 0. The van der Waals surface area contributed by atoms with Gasteiger partial charge in [-0.05, 0) is 42.5 Å². The molecule has 0 aliphatic rings. The Morgan fingerprint density at radius 2 is 1.40 bits per heavy atom. The number of benzene rings is 2. The van der Waals surface area contributed by atoms with Gasteiger partial charge in [-0.1, -0.05) is 6.07 Å². The second-order valence-electron chi connectivity index (χ2n) is 5.06. The molecule has 0 aliphatic heterocycles. The zero-order valence-corrected chi connectivity index (χ0v) is 12.5. The Balaban J connectivity index is 1.93. The van der Waals surface area contributed by atoms with Crippen LogP contribution in [0.4, 0.5) is 37.7 Å². The Hall–Kier alpha value is -2.71. The number of alkyl halides is 6. The fraction of sp³-hybridized carbons (Fsp3) is 0.188. The summed E-state index contributed by atoms with van der Waals surface area (Å²) in [5.41, 5.74) is -1.48. The van der Waals surface area contributed by atoms with E-state index in [-0.39, 0.29) is 17.9 Å². The molecule has 2 aromatic rings. The van der Waals surface area contributed by atoms with Crippen molar-refractivity contribution in [3.8, 4) is 0 Å². The van der Waals surface area contributed by atoms with Crippen molar-refractivity contribution in [3.05, 3.63) is 59.7 Å². The van der Waals surface area contributed by atoms with Crippen molar-refractivity contribution in [2.45, 2.75) is 12.4 Å². The van der Waals surface area contributed by atoms with Gasteiger partial charge in [0.05, 0.1) is 17.7 Å². The van der Waals surface area contributed by atoms with Gasteiger partial charge in [-0.3, -0.25) is 4.79 Å². The summed E-state index contributed by atoms with van der Waals surface area (Å²) in [6, 6.07) is 8.11. The quantitative estimate of drug-likeness (QED) is 0.769. The SMILES string of the molecule is O=C(CNc1cccc(C(F)(F)F)c1)Nc1ccc(C(F)(F)F)cc1. The number of carbonyl (C=O) groups excluding carboxylic acids is 1. The Morgan fingerprint density at radius 3 is 1.96 bits per heavy atom. The molecule has 2 rings (SSSR count). The minimum absolute atomic E-state index is 0.0948. The van der Waals surface area contributed by atoms with Gasteiger partial charge in [0.2, 0.25) is 5.91 Å². The molecule has 0 heterocycles. The monoisotopic (exact) mass is 362 g/mol. The summed E-state index contributed by atoms with van der Waals surface area (Å²) < 4.78 is 75.0. The molecule has 0 aliphatic carbocycles. The number of amides is 1. The topological polar surface area (TPSA) is 41.1 Å². The van der Waals surface area contributed by atoms with E-state index in [1.807, 2.05) is 0 Å². The van der Waals surface area contributed by atoms with Gasteiger partial charge in [0.1, 0.15) is 0 Å². The van der Waals surface area contributed by atoms with Crippen LogP contribution in [-0.4, -0.2) is 12.5 Å². The lowest BCUT2D eigenvalue weighted by molar-refractivity contribution is -0.138. The molecule has 2 N–H and O–H groups in total. The standard InChI is InChI=1S/C16H12F6N2O/c17-15(18,19)10-4-6-12(7-5-10)24-14(25)9-23-13-3-1-2-11(8-13)16(20,21)22/h1-8,23H,9H2,(H,24,25). The van der Waals surface area contributed by atoms with Gasteiger partial charge in [0, 0.05) is 11.4 Å². The van der Waals surface area contributed by atoms with Crippen LogP contribution in [0, 0.1) is 0 Å². The number of hydrogen-bond donors (Lipinski definition) is 2. The van der Waals surface area contributed by atoms with Gasteiger partial charge < -0.3 is 10.6 Å². The van der Waals surface area contributed by atoms with Crippen LogP contribution < -0.4 is 10.6 Å². The van der Waals surface area contributed by atoms with E-state index in [1.54, 1.807) is 0 Å². The van der Waals surface area contributed by atoms with Crippen LogP contribution in [-0.2, 0) is 17.1 Å². The first kappa shape index (κ1) is 18.6. The molecule has 0 radical (unpaired) electrons. The van der Waals surface area contributed by atoms with Crippen LogP contribution in [0.5, 0.6) is 0 Å². The van der Waals surface area contributed by atoms with Crippen LogP contribution in [0.2, 0.25) is 0 Å². The predicted molar refractivity (Wildman–Crippen MR) is 80.0 cm³/mol. The van der Waals surface area contributed by atoms with E-state index in [4.69, 9.17) is 0 Å². The summed E-state index contributed by atoms with van der Waals surface area (Å²) in [6.07, 6.45) is -8.98. The highest BCUT2D eigenvalue weighted by molar-refractivity contribution is 5.93.